The first-order valence-electron chi connectivity index (χ1n) is 10.5. The van der Waals surface area contributed by atoms with E-state index in [1.54, 1.807) is 0 Å². The third kappa shape index (κ3) is 4.98. The fraction of sp³-hybridized carbons (Fsp3) is 0.154. The Hall–Kier alpha value is -4.06. The van der Waals surface area contributed by atoms with Crippen LogP contribution in [0.4, 0.5) is 16.2 Å². The smallest absolute Gasteiger partial charge is 0.323 e. The Balaban J connectivity index is 1.33. The molecule has 1 atom stereocenters. The molecule has 6 heteroatoms. The molecule has 1 unspecified atom stereocenters. The van der Waals surface area contributed by atoms with E-state index in [9.17, 15) is 9.59 Å². The van der Waals surface area contributed by atoms with E-state index in [0.29, 0.717) is 12.1 Å². The molecule has 32 heavy (non-hydrogen) atoms. The molecule has 1 heterocycles. The summed E-state index contributed by atoms with van der Waals surface area (Å²) in [7, 11) is 1.99. The molecule has 0 bridgehead atoms. The summed E-state index contributed by atoms with van der Waals surface area (Å²) in [5.41, 5.74) is 4.49. The molecule has 0 saturated carbocycles. The van der Waals surface area contributed by atoms with Gasteiger partial charge in [0.15, 0.2) is 0 Å². The third-order valence-electron chi connectivity index (χ3n) is 5.41. The monoisotopic (exact) mass is 426 g/mol. The van der Waals surface area contributed by atoms with Crippen molar-refractivity contribution in [2.75, 3.05) is 10.6 Å². The van der Waals surface area contributed by atoms with E-state index in [4.69, 9.17) is 0 Å². The quantitative estimate of drug-likeness (QED) is 0.394. The van der Waals surface area contributed by atoms with Crippen molar-refractivity contribution >= 4 is 34.2 Å². The van der Waals surface area contributed by atoms with Crippen LogP contribution in [-0.4, -0.2) is 16.5 Å². The number of aromatic nitrogens is 1. The molecule has 0 aliphatic rings. The number of rotatable bonds is 6. The van der Waals surface area contributed by atoms with E-state index in [1.165, 1.54) is 0 Å². The normalized spacial score (nSPS) is 11.7. The number of hydrogen-bond acceptors (Lipinski definition) is 2. The molecule has 1 aromatic heterocycles. The van der Waals surface area contributed by atoms with Crippen LogP contribution in [0.3, 0.4) is 0 Å². The number of benzene rings is 3. The fourth-order valence-electron chi connectivity index (χ4n) is 3.79. The Kier molecular flexibility index (Phi) is 6.22. The molecule has 162 valence electrons. The molecule has 6 nitrogen and oxygen atoms in total. The Bertz CT molecular complexity index is 1230. The van der Waals surface area contributed by atoms with E-state index in [1.807, 2.05) is 97.5 Å². The zero-order valence-electron chi connectivity index (χ0n) is 18.1. The number of hydrogen-bond donors (Lipinski definition) is 3. The third-order valence-corrected chi connectivity index (χ3v) is 5.41. The number of fused-ring (bicyclic) bond motifs is 1. The minimum Gasteiger partial charge on any atom is -0.350 e. The highest BCUT2D eigenvalue weighted by molar-refractivity contribution is 5.99. The van der Waals surface area contributed by atoms with Crippen molar-refractivity contribution in [2.24, 2.45) is 7.05 Å². The number of urea groups is 1. The summed E-state index contributed by atoms with van der Waals surface area (Å²) in [5, 5.41) is 9.75. The molecule has 0 fully saturated rings. The van der Waals surface area contributed by atoms with Gasteiger partial charge >= 0.3 is 6.03 Å². The predicted octanol–water partition coefficient (Wildman–Crippen LogP) is 5.24. The molecule has 3 aromatic carbocycles. The number of anilines is 2. The highest BCUT2D eigenvalue weighted by atomic mass is 16.2. The second-order valence-electron chi connectivity index (χ2n) is 7.82. The summed E-state index contributed by atoms with van der Waals surface area (Å²) in [6.07, 6.45) is 2.33. The minimum atomic E-state index is -0.305. The van der Waals surface area contributed by atoms with Crippen LogP contribution in [0.15, 0.2) is 85.1 Å². The van der Waals surface area contributed by atoms with Gasteiger partial charge in [-0.15, -0.1) is 0 Å². The van der Waals surface area contributed by atoms with Crippen molar-refractivity contribution in [1.82, 2.24) is 9.88 Å². The van der Waals surface area contributed by atoms with E-state index in [0.717, 1.165) is 27.7 Å². The standard InChI is InChI=1S/C26H26N4O2/c1-18(27-25(31)16-20-17-30(2)24-11-7-6-10-23(20)24)19-12-14-22(15-13-19)29-26(32)28-21-8-4-3-5-9-21/h3-15,17-18H,16H2,1-2H3,(H,27,31)(H2,28,29,32). The largest absolute Gasteiger partial charge is 0.350 e. The fourth-order valence-corrected chi connectivity index (χ4v) is 3.79. The van der Waals surface area contributed by atoms with Crippen LogP contribution >= 0.6 is 0 Å². The van der Waals surface area contributed by atoms with Gasteiger partial charge in [-0.25, -0.2) is 4.79 Å². The van der Waals surface area contributed by atoms with Gasteiger partial charge in [0.05, 0.1) is 12.5 Å². The maximum Gasteiger partial charge on any atom is 0.323 e. The van der Waals surface area contributed by atoms with Crippen LogP contribution in [0, 0.1) is 0 Å². The van der Waals surface area contributed by atoms with E-state index >= 15 is 0 Å². The van der Waals surface area contributed by atoms with Gasteiger partial charge in [-0.3, -0.25) is 4.79 Å². The number of carbonyl (C=O) groups is 2. The van der Waals surface area contributed by atoms with Crippen LogP contribution in [0.5, 0.6) is 0 Å². The minimum absolute atomic E-state index is 0.0294. The van der Waals surface area contributed by atoms with Gasteiger partial charge in [0.2, 0.25) is 5.91 Å². The average Bonchev–Trinajstić information content (AvgIpc) is 3.10. The van der Waals surface area contributed by atoms with Crippen LogP contribution in [0.2, 0.25) is 0 Å². The lowest BCUT2D eigenvalue weighted by molar-refractivity contribution is -0.121. The lowest BCUT2D eigenvalue weighted by Gasteiger charge is -2.15. The first kappa shape index (κ1) is 21.2. The number of para-hydroxylation sites is 2. The van der Waals surface area contributed by atoms with Crippen LogP contribution in [-0.2, 0) is 18.3 Å². The zero-order valence-corrected chi connectivity index (χ0v) is 18.1. The maximum absolute atomic E-state index is 12.6. The van der Waals surface area contributed by atoms with Crippen LogP contribution < -0.4 is 16.0 Å². The van der Waals surface area contributed by atoms with Crippen molar-refractivity contribution in [1.29, 1.82) is 0 Å². The molecular weight excluding hydrogens is 400 g/mol. The Labute approximate surface area is 187 Å². The van der Waals surface area contributed by atoms with E-state index in [-0.39, 0.29) is 18.0 Å². The topological polar surface area (TPSA) is 75.2 Å². The van der Waals surface area contributed by atoms with Gasteiger partial charge < -0.3 is 20.5 Å². The summed E-state index contributed by atoms with van der Waals surface area (Å²) >= 11 is 0. The van der Waals surface area contributed by atoms with Gasteiger partial charge in [-0.2, -0.15) is 0 Å². The molecule has 3 N–H and O–H groups in total. The van der Waals surface area contributed by atoms with E-state index < -0.39 is 0 Å². The Morgan fingerprint density at radius 2 is 1.47 bits per heavy atom. The molecule has 0 radical (unpaired) electrons. The van der Waals surface area contributed by atoms with Gasteiger partial charge in [0.1, 0.15) is 0 Å². The molecule has 0 aliphatic carbocycles. The van der Waals surface area contributed by atoms with Crippen molar-refractivity contribution in [2.45, 2.75) is 19.4 Å². The number of nitrogens with zero attached hydrogens (tertiary/aromatic N) is 1. The highest BCUT2D eigenvalue weighted by Crippen LogP contribution is 2.21. The van der Waals surface area contributed by atoms with Gasteiger partial charge in [-0.05, 0) is 48.4 Å². The summed E-state index contributed by atoms with van der Waals surface area (Å²) in [4.78, 5) is 24.8. The molecule has 4 rings (SSSR count). The predicted molar refractivity (Wildman–Crippen MR) is 129 cm³/mol. The maximum atomic E-state index is 12.6. The summed E-state index contributed by atoms with van der Waals surface area (Å²) in [5.74, 6) is -0.0294. The van der Waals surface area contributed by atoms with Crippen LogP contribution in [0.1, 0.15) is 24.1 Å². The second-order valence-corrected chi connectivity index (χ2v) is 7.82. The molecule has 4 aromatic rings. The second kappa shape index (κ2) is 9.39. The van der Waals surface area contributed by atoms with Crippen LogP contribution in [0.25, 0.3) is 10.9 Å². The van der Waals surface area contributed by atoms with Crippen molar-refractivity contribution in [3.8, 4) is 0 Å². The van der Waals surface area contributed by atoms with E-state index in [2.05, 4.69) is 22.0 Å². The van der Waals surface area contributed by atoms with Crippen molar-refractivity contribution < 1.29 is 9.59 Å². The van der Waals surface area contributed by atoms with Gasteiger partial charge in [0.25, 0.3) is 0 Å². The average molecular weight is 427 g/mol. The summed E-state index contributed by atoms with van der Waals surface area (Å²) < 4.78 is 2.04. The highest BCUT2D eigenvalue weighted by Gasteiger charge is 2.14. The molecule has 3 amide bonds. The van der Waals surface area contributed by atoms with Gasteiger partial charge in [0, 0.05) is 35.5 Å². The number of carbonyl (C=O) groups excluding carboxylic acids is 2. The first-order valence-corrected chi connectivity index (χ1v) is 10.5. The molecular formula is C26H26N4O2. The Morgan fingerprint density at radius 3 is 2.19 bits per heavy atom. The summed E-state index contributed by atoms with van der Waals surface area (Å²) in [6.45, 7) is 1.95. The van der Waals surface area contributed by atoms with Crippen molar-refractivity contribution in [3.63, 3.8) is 0 Å². The lowest BCUT2D eigenvalue weighted by atomic mass is 10.1. The SMILES string of the molecule is CC(NC(=O)Cc1cn(C)c2ccccc12)c1ccc(NC(=O)Nc2ccccc2)cc1. The number of nitrogens with one attached hydrogen (secondary N) is 3. The first-order chi connectivity index (χ1) is 15.5. The lowest BCUT2D eigenvalue weighted by Crippen LogP contribution is -2.28. The number of aryl methyl sites for hydroxylation is 1. The van der Waals surface area contributed by atoms with Crippen molar-refractivity contribution in [3.05, 3.63) is 96.2 Å². The molecule has 0 spiro atoms. The molecule has 0 saturated heterocycles. The summed E-state index contributed by atoms with van der Waals surface area (Å²) in [6, 6.07) is 24.4. The zero-order chi connectivity index (χ0) is 22.5. The van der Waals surface area contributed by atoms with Gasteiger partial charge in [-0.1, -0.05) is 48.5 Å². The Morgan fingerprint density at radius 1 is 0.844 bits per heavy atom. The molecule has 0 aliphatic heterocycles. The number of amides is 3.